The van der Waals surface area contributed by atoms with Crippen molar-refractivity contribution in [3.8, 4) is 0 Å². The van der Waals surface area contributed by atoms with Gasteiger partial charge in [-0.1, -0.05) is 12.1 Å². The molecule has 1 heterocycles. The molecule has 0 aliphatic heterocycles. The molecule has 0 unspecified atom stereocenters. The van der Waals surface area contributed by atoms with E-state index in [9.17, 15) is 18.0 Å². The highest BCUT2D eigenvalue weighted by Crippen LogP contribution is 2.32. The Bertz CT molecular complexity index is 714. The molecule has 1 aliphatic carbocycles. The molecule has 0 radical (unpaired) electrons. The van der Waals surface area contributed by atoms with Crippen LogP contribution in [0.2, 0.25) is 0 Å². The standard InChI is InChI=1S/C17H16F3NOS/c1-10(11-4-2-6-13(8-11)17(18,19)20)21-16(22)15-9-12-5-3-7-14(12)23-15/h2,4,6,8-10H,3,5,7H2,1H3,(H,21,22)/t10-/m0/s1. The molecule has 3 rings (SSSR count). The largest absolute Gasteiger partial charge is 0.416 e. The van der Waals surface area contributed by atoms with E-state index in [0.29, 0.717) is 10.4 Å². The second-order valence-electron chi connectivity index (χ2n) is 5.73. The van der Waals surface area contributed by atoms with Gasteiger partial charge in [-0.25, -0.2) is 0 Å². The highest BCUT2D eigenvalue weighted by Gasteiger charge is 2.30. The molecule has 23 heavy (non-hydrogen) atoms. The van der Waals surface area contributed by atoms with E-state index in [1.54, 1.807) is 13.0 Å². The zero-order valence-corrected chi connectivity index (χ0v) is 13.4. The first-order valence-electron chi connectivity index (χ1n) is 7.44. The minimum absolute atomic E-state index is 0.227. The third kappa shape index (κ3) is 3.42. The second-order valence-corrected chi connectivity index (χ2v) is 6.87. The summed E-state index contributed by atoms with van der Waals surface area (Å²) >= 11 is 1.48. The van der Waals surface area contributed by atoms with Crippen molar-refractivity contribution in [3.05, 3.63) is 56.8 Å². The SMILES string of the molecule is C[C@H](NC(=O)c1cc2c(s1)CCC2)c1cccc(C(F)(F)F)c1. The van der Waals surface area contributed by atoms with Crippen LogP contribution in [-0.2, 0) is 19.0 Å². The molecule has 1 amide bonds. The van der Waals surface area contributed by atoms with Gasteiger partial charge in [-0.15, -0.1) is 11.3 Å². The van der Waals surface area contributed by atoms with Crippen LogP contribution in [0.1, 0.15) is 50.6 Å². The molecule has 1 aliphatic rings. The first-order valence-corrected chi connectivity index (χ1v) is 8.26. The maximum absolute atomic E-state index is 12.8. The number of carbonyl (C=O) groups is 1. The van der Waals surface area contributed by atoms with E-state index in [1.807, 2.05) is 6.07 Å². The molecule has 0 saturated carbocycles. The Balaban J connectivity index is 1.73. The van der Waals surface area contributed by atoms with Crippen molar-refractivity contribution in [1.29, 1.82) is 0 Å². The van der Waals surface area contributed by atoms with Crippen molar-refractivity contribution >= 4 is 17.2 Å². The maximum Gasteiger partial charge on any atom is 0.416 e. The number of aryl methyl sites for hydroxylation is 2. The van der Waals surface area contributed by atoms with Crippen LogP contribution in [0.25, 0.3) is 0 Å². The van der Waals surface area contributed by atoms with E-state index in [1.165, 1.54) is 27.8 Å². The number of rotatable bonds is 3. The second kappa shape index (κ2) is 6.00. The van der Waals surface area contributed by atoms with Crippen LogP contribution in [0.4, 0.5) is 13.2 Å². The van der Waals surface area contributed by atoms with Crippen molar-refractivity contribution in [1.82, 2.24) is 5.32 Å². The van der Waals surface area contributed by atoms with E-state index < -0.39 is 17.8 Å². The number of halogens is 3. The number of alkyl halides is 3. The van der Waals surface area contributed by atoms with Crippen LogP contribution in [0.15, 0.2) is 30.3 Å². The van der Waals surface area contributed by atoms with Gasteiger partial charge in [-0.2, -0.15) is 13.2 Å². The van der Waals surface area contributed by atoms with Gasteiger partial charge in [0.25, 0.3) is 5.91 Å². The number of fused-ring (bicyclic) bond motifs is 1. The van der Waals surface area contributed by atoms with Gasteiger partial charge in [0.2, 0.25) is 0 Å². The molecule has 122 valence electrons. The molecule has 1 atom stereocenters. The van der Waals surface area contributed by atoms with Gasteiger partial charge >= 0.3 is 6.18 Å². The Morgan fingerprint density at radius 2 is 2.04 bits per heavy atom. The average Bonchev–Trinajstić information content (AvgIpc) is 3.07. The first-order chi connectivity index (χ1) is 10.8. The summed E-state index contributed by atoms with van der Waals surface area (Å²) in [6.07, 6.45) is -1.24. The van der Waals surface area contributed by atoms with Gasteiger partial charge < -0.3 is 5.32 Å². The molecule has 0 saturated heterocycles. The van der Waals surface area contributed by atoms with E-state index in [2.05, 4.69) is 5.32 Å². The zero-order chi connectivity index (χ0) is 16.6. The molecule has 0 fully saturated rings. The van der Waals surface area contributed by atoms with Crippen LogP contribution in [-0.4, -0.2) is 5.91 Å². The molecule has 0 bridgehead atoms. The van der Waals surface area contributed by atoms with Crippen molar-refractivity contribution in [3.63, 3.8) is 0 Å². The van der Waals surface area contributed by atoms with E-state index in [-0.39, 0.29) is 5.91 Å². The van der Waals surface area contributed by atoms with E-state index in [0.717, 1.165) is 31.4 Å². The van der Waals surface area contributed by atoms with Crippen molar-refractivity contribution in [2.75, 3.05) is 0 Å². The number of benzene rings is 1. The Labute approximate surface area is 136 Å². The number of carbonyl (C=O) groups excluding carboxylic acids is 1. The molecule has 2 nitrogen and oxygen atoms in total. The fourth-order valence-corrected chi connectivity index (χ4v) is 3.93. The topological polar surface area (TPSA) is 29.1 Å². The van der Waals surface area contributed by atoms with Gasteiger partial charge in [0.15, 0.2) is 0 Å². The minimum atomic E-state index is -4.38. The summed E-state index contributed by atoms with van der Waals surface area (Å²) in [4.78, 5) is 14.2. The Morgan fingerprint density at radius 3 is 2.74 bits per heavy atom. The lowest BCUT2D eigenvalue weighted by Gasteiger charge is -2.15. The third-order valence-corrected chi connectivity index (χ3v) is 5.27. The molecule has 2 aromatic rings. The summed E-state index contributed by atoms with van der Waals surface area (Å²) in [6, 6.07) is 6.49. The Kier molecular flexibility index (Phi) is 4.19. The monoisotopic (exact) mass is 339 g/mol. The lowest BCUT2D eigenvalue weighted by Crippen LogP contribution is -2.26. The van der Waals surface area contributed by atoms with Gasteiger partial charge in [0.05, 0.1) is 16.5 Å². The lowest BCUT2D eigenvalue weighted by molar-refractivity contribution is -0.137. The predicted molar refractivity (Wildman–Crippen MR) is 83.7 cm³/mol. The molecule has 0 spiro atoms. The molecular weight excluding hydrogens is 323 g/mol. The summed E-state index contributed by atoms with van der Waals surface area (Å²) in [6.45, 7) is 1.69. The van der Waals surface area contributed by atoms with Gasteiger partial charge in [-0.3, -0.25) is 4.79 Å². The number of hydrogen-bond acceptors (Lipinski definition) is 2. The smallest absolute Gasteiger partial charge is 0.345 e. The zero-order valence-electron chi connectivity index (χ0n) is 12.5. The summed E-state index contributed by atoms with van der Waals surface area (Å²) < 4.78 is 38.3. The predicted octanol–water partition coefficient (Wildman–Crippen LogP) is 4.75. The number of thiophene rings is 1. The van der Waals surface area contributed by atoms with Gasteiger partial charge in [-0.05, 0) is 55.5 Å². The van der Waals surface area contributed by atoms with Gasteiger partial charge in [0, 0.05) is 4.88 Å². The van der Waals surface area contributed by atoms with Crippen molar-refractivity contribution in [2.45, 2.75) is 38.4 Å². The van der Waals surface area contributed by atoms with Crippen molar-refractivity contribution < 1.29 is 18.0 Å². The maximum atomic E-state index is 12.8. The lowest BCUT2D eigenvalue weighted by atomic mass is 10.0. The normalized spacial score (nSPS) is 15.3. The van der Waals surface area contributed by atoms with Crippen LogP contribution < -0.4 is 5.32 Å². The first kappa shape index (κ1) is 16.1. The van der Waals surface area contributed by atoms with Gasteiger partial charge in [0.1, 0.15) is 0 Å². The molecule has 6 heteroatoms. The summed E-state index contributed by atoms with van der Waals surface area (Å²) in [5.41, 5.74) is 0.968. The van der Waals surface area contributed by atoms with E-state index in [4.69, 9.17) is 0 Å². The minimum Gasteiger partial charge on any atom is -0.345 e. The van der Waals surface area contributed by atoms with Crippen LogP contribution >= 0.6 is 11.3 Å². The quantitative estimate of drug-likeness (QED) is 0.859. The summed E-state index contributed by atoms with van der Waals surface area (Å²) in [5, 5.41) is 2.78. The fraction of sp³-hybridized carbons (Fsp3) is 0.353. The van der Waals surface area contributed by atoms with E-state index >= 15 is 0 Å². The molecular formula is C17H16F3NOS. The van der Waals surface area contributed by atoms with Crippen LogP contribution in [0.3, 0.4) is 0 Å². The highest BCUT2D eigenvalue weighted by molar-refractivity contribution is 7.14. The number of nitrogens with one attached hydrogen (secondary N) is 1. The summed E-state index contributed by atoms with van der Waals surface area (Å²) in [5.74, 6) is -0.227. The summed E-state index contributed by atoms with van der Waals surface area (Å²) in [7, 11) is 0. The fourth-order valence-electron chi connectivity index (χ4n) is 2.78. The Hall–Kier alpha value is -1.82. The average molecular weight is 339 g/mol. The van der Waals surface area contributed by atoms with Crippen LogP contribution in [0, 0.1) is 0 Å². The number of hydrogen-bond donors (Lipinski definition) is 1. The van der Waals surface area contributed by atoms with Crippen molar-refractivity contribution in [2.24, 2.45) is 0 Å². The molecule has 1 aromatic heterocycles. The molecule has 1 aromatic carbocycles. The highest BCUT2D eigenvalue weighted by atomic mass is 32.1. The number of amides is 1. The molecule has 1 N–H and O–H groups in total. The Morgan fingerprint density at radius 1 is 1.26 bits per heavy atom. The third-order valence-electron chi connectivity index (χ3n) is 4.03. The van der Waals surface area contributed by atoms with Crippen LogP contribution in [0.5, 0.6) is 0 Å².